The van der Waals surface area contributed by atoms with Crippen molar-refractivity contribution in [1.29, 1.82) is 0 Å². The molecule has 1 fully saturated rings. The van der Waals surface area contributed by atoms with Crippen molar-refractivity contribution in [3.05, 3.63) is 16.1 Å². The van der Waals surface area contributed by atoms with Crippen molar-refractivity contribution in [2.45, 2.75) is 51.7 Å². The van der Waals surface area contributed by atoms with Gasteiger partial charge < -0.3 is 15.3 Å². The minimum atomic E-state index is -0.388. The molecule has 2 rings (SSSR count). The van der Waals surface area contributed by atoms with Crippen molar-refractivity contribution in [2.75, 3.05) is 13.1 Å². The molecular weight excluding hydrogens is 274 g/mol. The molecule has 0 aromatic carbocycles. The van der Waals surface area contributed by atoms with E-state index in [9.17, 15) is 9.90 Å². The molecule has 20 heavy (non-hydrogen) atoms. The first-order valence-corrected chi connectivity index (χ1v) is 7.90. The maximum absolute atomic E-state index is 12.0. The van der Waals surface area contributed by atoms with E-state index in [1.165, 1.54) is 0 Å². The topological polar surface area (TPSA) is 65.5 Å². The lowest BCUT2D eigenvalue weighted by atomic mass is 9.98. The fourth-order valence-electron chi connectivity index (χ4n) is 2.15. The van der Waals surface area contributed by atoms with Gasteiger partial charge in [0.2, 0.25) is 0 Å². The maximum Gasteiger partial charge on any atom is 0.317 e. The van der Waals surface area contributed by atoms with Gasteiger partial charge in [0, 0.05) is 23.9 Å². The zero-order valence-electron chi connectivity index (χ0n) is 12.3. The van der Waals surface area contributed by atoms with E-state index >= 15 is 0 Å². The van der Waals surface area contributed by atoms with Gasteiger partial charge in [-0.15, -0.1) is 11.3 Å². The highest BCUT2D eigenvalue weighted by Gasteiger charge is 2.22. The van der Waals surface area contributed by atoms with Gasteiger partial charge in [0.25, 0.3) is 0 Å². The molecule has 2 heterocycles. The Bertz CT molecular complexity index is 467. The number of hydrogen-bond acceptors (Lipinski definition) is 4. The number of aliphatic hydroxyl groups is 1. The lowest BCUT2D eigenvalue weighted by Crippen LogP contribution is -2.46. The molecule has 2 N–H and O–H groups in total. The van der Waals surface area contributed by atoms with Crippen molar-refractivity contribution < 1.29 is 9.90 Å². The van der Waals surface area contributed by atoms with Gasteiger partial charge in [-0.05, 0) is 12.8 Å². The van der Waals surface area contributed by atoms with Crippen molar-refractivity contribution in [3.63, 3.8) is 0 Å². The number of carbonyl (C=O) groups excluding carboxylic acids is 1. The van der Waals surface area contributed by atoms with Crippen molar-refractivity contribution >= 4 is 17.4 Å². The molecule has 0 unspecified atom stereocenters. The highest BCUT2D eigenvalue weighted by atomic mass is 32.1. The zero-order chi connectivity index (χ0) is 14.8. The number of amides is 2. The van der Waals surface area contributed by atoms with Gasteiger partial charge in [-0.25, -0.2) is 9.78 Å². The van der Waals surface area contributed by atoms with Crippen LogP contribution in [0.5, 0.6) is 0 Å². The Balaban J connectivity index is 1.85. The summed E-state index contributed by atoms with van der Waals surface area (Å²) in [6.45, 7) is 7.97. The van der Waals surface area contributed by atoms with Gasteiger partial charge in [-0.3, -0.25) is 0 Å². The van der Waals surface area contributed by atoms with Gasteiger partial charge >= 0.3 is 6.03 Å². The summed E-state index contributed by atoms with van der Waals surface area (Å²) < 4.78 is 0. The molecule has 0 bridgehead atoms. The summed E-state index contributed by atoms with van der Waals surface area (Å²) in [4.78, 5) is 18.2. The first-order valence-electron chi connectivity index (χ1n) is 7.02. The van der Waals surface area contributed by atoms with E-state index in [0.717, 1.165) is 23.5 Å². The molecule has 1 atom stereocenters. The minimum absolute atomic E-state index is 0.0455. The van der Waals surface area contributed by atoms with E-state index in [0.29, 0.717) is 19.6 Å². The predicted molar refractivity (Wildman–Crippen MR) is 79.9 cm³/mol. The van der Waals surface area contributed by atoms with Crippen LogP contribution in [0.1, 0.15) is 44.3 Å². The Kier molecular flexibility index (Phi) is 4.65. The molecule has 0 aliphatic carbocycles. The monoisotopic (exact) mass is 297 g/mol. The lowest BCUT2D eigenvalue weighted by Gasteiger charge is -2.30. The number of nitrogens with one attached hydrogen (secondary N) is 1. The van der Waals surface area contributed by atoms with Gasteiger partial charge in [-0.1, -0.05) is 20.8 Å². The smallest absolute Gasteiger partial charge is 0.317 e. The van der Waals surface area contributed by atoms with E-state index in [4.69, 9.17) is 0 Å². The highest BCUT2D eigenvalue weighted by molar-refractivity contribution is 7.09. The third-order valence-corrected chi connectivity index (χ3v) is 4.61. The third kappa shape index (κ3) is 3.93. The van der Waals surface area contributed by atoms with Crippen LogP contribution in [0.2, 0.25) is 0 Å². The number of urea groups is 1. The van der Waals surface area contributed by atoms with E-state index in [2.05, 4.69) is 31.1 Å². The molecule has 0 saturated carbocycles. The Morgan fingerprint density at radius 1 is 1.60 bits per heavy atom. The van der Waals surface area contributed by atoms with E-state index in [1.807, 2.05) is 5.38 Å². The molecule has 2 amide bonds. The third-order valence-electron chi connectivity index (χ3n) is 3.30. The van der Waals surface area contributed by atoms with E-state index in [-0.39, 0.29) is 17.6 Å². The standard InChI is InChI=1S/C14H23N3O2S/c1-14(2,3)12-16-10(9-20-12)7-15-13(19)17-6-4-5-11(18)8-17/h9,11,18H,4-8H2,1-3H3,(H,15,19)/t11-/m1/s1. The lowest BCUT2D eigenvalue weighted by molar-refractivity contribution is 0.0841. The first-order chi connectivity index (χ1) is 9.36. The first kappa shape index (κ1) is 15.3. The molecule has 1 aromatic rings. The average Bonchev–Trinajstić information content (AvgIpc) is 2.84. The SMILES string of the molecule is CC(C)(C)c1nc(CNC(=O)N2CCC[C@@H](O)C2)cs1. The number of thiazole rings is 1. The Hall–Kier alpha value is -1.14. The Labute approximate surface area is 124 Å². The minimum Gasteiger partial charge on any atom is -0.391 e. The van der Waals surface area contributed by atoms with E-state index in [1.54, 1.807) is 16.2 Å². The van der Waals surface area contributed by atoms with Crippen LogP contribution in [0.15, 0.2) is 5.38 Å². The number of hydrogen-bond donors (Lipinski definition) is 2. The largest absolute Gasteiger partial charge is 0.391 e. The quantitative estimate of drug-likeness (QED) is 0.878. The number of likely N-dealkylation sites (tertiary alicyclic amines) is 1. The second-order valence-corrected chi connectivity index (χ2v) is 7.15. The Morgan fingerprint density at radius 2 is 2.35 bits per heavy atom. The summed E-state index contributed by atoms with van der Waals surface area (Å²) in [6.07, 6.45) is 1.26. The molecule has 1 aliphatic heterocycles. The summed E-state index contributed by atoms with van der Waals surface area (Å²) in [6, 6.07) is -0.117. The number of aliphatic hydroxyl groups excluding tert-OH is 1. The fraction of sp³-hybridized carbons (Fsp3) is 0.714. The maximum atomic E-state index is 12.0. The number of nitrogens with zero attached hydrogens (tertiary/aromatic N) is 2. The van der Waals surface area contributed by atoms with Gasteiger partial charge in [-0.2, -0.15) is 0 Å². The van der Waals surface area contributed by atoms with Crippen LogP contribution in [0.3, 0.4) is 0 Å². The van der Waals surface area contributed by atoms with Crippen molar-refractivity contribution in [3.8, 4) is 0 Å². The van der Waals surface area contributed by atoms with Crippen molar-refractivity contribution in [2.24, 2.45) is 0 Å². The van der Waals surface area contributed by atoms with Crippen LogP contribution >= 0.6 is 11.3 Å². The fourth-order valence-corrected chi connectivity index (χ4v) is 3.06. The summed E-state index contributed by atoms with van der Waals surface area (Å²) in [7, 11) is 0. The molecule has 5 nitrogen and oxygen atoms in total. The molecule has 0 spiro atoms. The molecule has 6 heteroatoms. The molecule has 1 aromatic heterocycles. The second-order valence-electron chi connectivity index (χ2n) is 6.29. The molecular formula is C14H23N3O2S. The number of aromatic nitrogens is 1. The van der Waals surface area contributed by atoms with Crippen LogP contribution in [0.4, 0.5) is 4.79 Å². The highest BCUT2D eigenvalue weighted by Crippen LogP contribution is 2.25. The van der Waals surface area contributed by atoms with Crippen LogP contribution in [0, 0.1) is 0 Å². The zero-order valence-corrected chi connectivity index (χ0v) is 13.2. The molecule has 1 aliphatic rings. The number of β-amino-alcohol motifs (C(OH)–C–C–N with tert-alkyl or cyclic N) is 1. The molecule has 1 saturated heterocycles. The van der Waals surface area contributed by atoms with Gasteiger partial charge in [0.1, 0.15) is 0 Å². The van der Waals surface area contributed by atoms with Gasteiger partial charge in [0.15, 0.2) is 0 Å². The summed E-state index contributed by atoms with van der Waals surface area (Å²) in [5.74, 6) is 0. The number of piperidine rings is 1. The normalized spacial score (nSPS) is 20.0. The second kappa shape index (κ2) is 6.10. The summed E-state index contributed by atoms with van der Waals surface area (Å²) in [5, 5.41) is 15.5. The summed E-state index contributed by atoms with van der Waals surface area (Å²) in [5.41, 5.74) is 0.940. The van der Waals surface area contributed by atoms with Crippen LogP contribution in [0.25, 0.3) is 0 Å². The van der Waals surface area contributed by atoms with Crippen molar-refractivity contribution in [1.82, 2.24) is 15.2 Å². The van der Waals surface area contributed by atoms with Crippen LogP contribution in [-0.2, 0) is 12.0 Å². The molecule has 0 radical (unpaired) electrons. The predicted octanol–water partition coefficient (Wildman–Crippen LogP) is 2.11. The molecule has 112 valence electrons. The van der Waals surface area contributed by atoms with Gasteiger partial charge in [0.05, 0.1) is 23.4 Å². The average molecular weight is 297 g/mol. The Morgan fingerprint density at radius 3 is 2.95 bits per heavy atom. The number of rotatable bonds is 2. The van der Waals surface area contributed by atoms with E-state index < -0.39 is 0 Å². The van der Waals surface area contributed by atoms with Crippen LogP contribution in [-0.4, -0.2) is 40.2 Å². The van der Waals surface area contributed by atoms with Crippen LogP contribution < -0.4 is 5.32 Å². The summed E-state index contributed by atoms with van der Waals surface area (Å²) >= 11 is 1.63. The number of carbonyl (C=O) groups is 1.